The average Bonchev–Trinajstić information content (AvgIpc) is 3.43. The molecular formula is C23H26FN5O. The maximum Gasteiger partial charge on any atom is 0.253 e. The Morgan fingerprint density at radius 3 is 2.77 bits per heavy atom. The van der Waals surface area contributed by atoms with Crippen LogP contribution < -0.4 is 10.8 Å². The summed E-state index contributed by atoms with van der Waals surface area (Å²) in [5, 5.41) is 3.47. The third-order valence-electron chi connectivity index (χ3n) is 5.90. The van der Waals surface area contributed by atoms with Crippen molar-refractivity contribution in [2.75, 3.05) is 5.32 Å². The number of carbonyl (C=O) groups is 1. The maximum atomic E-state index is 13.1. The van der Waals surface area contributed by atoms with Crippen LogP contribution in [0.5, 0.6) is 0 Å². The maximum absolute atomic E-state index is 13.1. The number of carbonyl (C=O) groups excluding carboxylic acids is 1. The molecule has 6 nitrogen and oxygen atoms in total. The van der Waals surface area contributed by atoms with Crippen LogP contribution in [0.1, 0.15) is 45.5 Å². The van der Waals surface area contributed by atoms with E-state index in [-0.39, 0.29) is 14.0 Å². The van der Waals surface area contributed by atoms with Gasteiger partial charge in [-0.1, -0.05) is 13.3 Å². The molecule has 30 heavy (non-hydrogen) atoms. The molecule has 4 aliphatic rings. The van der Waals surface area contributed by atoms with E-state index in [1.54, 1.807) is 6.20 Å². The molecule has 0 saturated heterocycles. The third-order valence-corrected chi connectivity index (χ3v) is 5.90. The molecule has 3 atom stereocenters. The smallest absolute Gasteiger partial charge is 0.253 e. The fraction of sp³-hybridized carbons (Fsp3) is 0.391. The molecule has 1 saturated carbocycles. The minimum absolute atomic E-state index is 0. The SMILES string of the molecule is CCCc1cc(C)c(-c2cc3cnc(=NC(=O)[C@H]4C[C@H]4F)cc-3n3c2NC3C)cn1.[HH]. The zero-order valence-electron chi connectivity index (χ0n) is 17.3. The van der Waals surface area contributed by atoms with Crippen LogP contribution in [0, 0.1) is 12.8 Å². The number of hydrogen-bond donors (Lipinski definition) is 1. The second-order valence-electron chi connectivity index (χ2n) is 8.25. The van der Waals surface area contributed by atoms with Gasteiger partial charge >= 0.3 is 0 Å². The fourth-order valence-electron chi connectivity index (χ4n) is 4.16. The van der Waals surface area contributed by atoms with Gasteiger partial charge in [0.25, 0.3) is 5.91 Å². The van der Waals surface area contributed by atoms with Crippen molar-refractivity contribution in [3.8, 4) is 22.4 Å². The molecule has 0 spiro atoms. The molecule has 5 rings (SSSR count). The second kappa shape index (κ2) is 7.00. The minimum atomic E-state index is -1.05. The molecule has 0 bridgehead atoms. The lowest BCUT2D eigenvalue weighted by Crippen LogP contribution is -2.32. The standard InChI is InChI=1S/C23H24FN5O.H2/c1-4-5-15-6-12(2)18(11-25-15)16-7-14-10-26-21(28-23(30)17-8-19(17)24)9-20(14)29-13(3)27-22(16)29;/h6-7,9-11,13,17,19,27H,4-5,8H2,1-3H3;1H/t13?,17-,19+;/m0./s1. The molecule has 1 unspecified atom stereocenters. The lowest BCUT2D eigenvalue weighted by atomic mass is 9.96. The molecule has 1 aromatic rings. The number of pyridine rings is 3. The first kappa shape index (κ1) is 18.9. The van der Waals surface area contributed by atoms with Crippen molar-refractivity contribution < 1.29 is 10.6 Å². The van der Waals surface area contributed by atoms with Crippen molar-refractivity contribution in [2.45, 2.75) is 52.4 Å². The largest absolute Gasteiger partial charge is 0.351 e. The third kappa shape index (κ3) is 3.09. The van der Waals surface area contributed by atoms with Crippen molar-refractivity contribution in [3.63, 3.8) is 0 Å². The molecule has 1 aromatic heterocycles. The van der Waals surface area contributed by atoms with Gasteiger partial charge in [-0.25, -0.2) is 9.37 Å². The summed E-state index contributed by atoms with van der Waals surface area (Å²) in [5.74, 6) is -0.000290. The first-order valence-electron chi connectivity index (χ1n) is 10.5. The van der Waals surface area contributed by atoms with Crippen molar-refractivity contribution in [1.29, 1.82) is 0 Å². The van der Waals surface area contributed by atoms with E-state index in [9.17, 15) is 9.18 Å². The van der Waals surface area contributed by atoms with Crippen molar-refractivity contribution in [3.05, 3.63) is 47.3 Å². The van der Waals surface area contributed by atoms with Crippen LogP contribution in [0.3, 0.4) is 0 Å². The molecule has 1 aliphatic carbocycles. The predicted molar refractivity (Wildman–Crippen MR) is 115 cm³/mol. The van der Waals surface area contributed by atoms with Crippen molar-refractivity contribution >= 4 is 11.7 Å². The van der Waals surface area contributed by atoms with E-state index >= 15 is 0 Å². The summed E-state index contributed by atoms with van der Waals surface area (Å²) >= 11 is 0. The Kier molecular flexibility index (Phi) is 4.41. The molecule has 1 fully saturated rings. The highest BCUT2D eigenvalue weighted by Crippen LogP contribution is 2.44. The molecule has 1 N–H and O–H groups in total. The molecule has 1 amide bonds. The summed E-state index contributed by atoms with van der Waals surface area (Å²) in [6.07, 6.45) is 5.06. The lowest BCUT2D eigenvalue weighted by molar-refractivity contribution is -0.119. The molecular weight excluding hydrogens is 381 g/mol. The zero-order chi connectivity index (χ0) is 21.0. The van der Waals surface area contributed by atoms with Crippen LogP contribution in [0.25, 0.3) is 22.4 Å². The Morgan fingerprint density at radius 2 is 2.10 bits per heavy atom. The predicted octanol–water partition coefficient (Wildman–Crippen LogP) is 4.29. The van der Waals surface area contributed by atoms with Crippen LogP contribution in [0.2, 0.25) is 0 Å². The number of nitrogens with zero attached hydrogens (tertiary/aromatic N) is 4. The topological polar surface area (TPSA) is 72.2 Å². The molecule has 0 aromatic carbocycles. The average molecular weight is 407 g/mol. The fourth-order valence-corrected chi connectivity index (χ4v) is 4.16. The van der Waals surface area contributed by atoms with E-state index in [4.69, 9.17) is 0 Å². The Hall–Kier alpha value is -3.09. The summed E-state index contributed by atoms with van der Waals surface area (Å²) in [5.41, 5.74) is 6.70. The highest BCUT2D eigenvalue weighted by atomic mass is 19.1. The first-order valence-corrected chi connectivity index (χ1v) is 10.5. The quantitative estimate of drug-likeness (QED) is 0.700. The van der Waals surface area contributed by atoms with E-state index in [0.29, 0.717) is 5.49 Å². The molecule has 7 heteroatoms. The summed E-state index contributed by atoms with van der Waals surface area (Å²) in [4.78, 5) is 25.0. The van der Waals surface area contributed by atoms with Crippen LogP contribution in [0.15, 0.2) is 35.6 Å². The highest BCUT2D eigenvalue weighted by Gasteiger charge is 2.43. The van der Waals surface area contributed by atoms with Gasteiger partial charge in [-0.15, -0.1) is 0 Å². The van der Waals surface area contributed by atoms with Gasteiger partial charge in [0.1, 0.15) is 18.2 Å². The van der Waals surface area contributed by atoms with Gasteiger partial charge in [0, 0.05) is 42.3 Å². The number of rotatable bonds is 4. The van der Waals surface area contributed by atoms with E-state index in [2.05, 4.69) is 57.7 Å². The first-order chi connectivity index (χ1) is 14.5. The Morgan fingerprint density at radius 1 is 1.30 bits per heavy atom. The van der Waals surface area contributed by atoms with E-state index in [0.717, 1.165) is 46.7 Å². The molecule has 4 heterocycles. The summed E-state index contributed by atoms with van der Waals surface area (Å²) in [6, 6.07) is 6.06. The Balaban J connectivity index is 0.00000231. The molecule has 0 radical (unpaired) electrons. The Bertz CT molecular complexity index is 1210. The lowest BCUT2D eigenvalue weighted by Gasteiger charge is -2.38. The van der Waals surface area contributed by atoms with Gasteiger partial charge in [0.2, 0.25) is 0 Å². The summed E-state index contributed by atoms with van der Waals surface area (Å²) in [7, 11) is 0. The number of amides is 1. The number of aromatic nitrogens is 3. The minimum Gasteiger partial charge on any atom is -0.351 e. The van der Waals surface area contributed by atoms with Gasteiger partial charge in [-0.2, -0.15) is 4.99 Å². The van der Waals surface area contributed by atoms with Crippen LogP contribution in [-0.4, -0.2) is 26.6 Å². The number of aryl methyl sites for hydroxylation is 2. The monoisotopic (exact) mass is 407 g/mol. The van der Waals surface area contributed by atoms with Crippen LogP contribution in [0.4, 0.5) is 10.2 Å². The number of nitrogens with one attached hydrogen (secondary N) is 1. The number of halogens is 1. The van der Waals surface area contributed by atoms with Crippen LogP contribution >= 0.6 is 0 Å². The van der Waals surface area contributed by atoms with Crippen molar-refractivity contribution in [2.24, 2.45) is 10.9 Å². The summed E-state index contributed by atoms with van der Waals surface area (Å²) in [6.45, 7) is 6.34. The molecule has 3 aliphatic heterocycles. The van der Waals surface area contributed by atoms with E-state index in [1.807, 2.05) is 12.3 Å². The van der Waals surface area contributed by atoms with Gasteiger partial charge in [-0.05, 0) is 44.4 Å². The van der Waals surface area contributed by atoms with Gasteiger partial charge in [0.05, 0.1) is 11.6 Å². The van der Waals surface area contributed by atoms with E-state index in [1.165, 1.54) is 5.56 Å². The number of alkyl halides is 1. The summed E-state index contributed by atoms with van der Waals surface area (Å²) < 4.78 is 15.3. The highest BCUT2D eigenvalue weighted by molar-refractivity contribution is 5.86. The normalized spacial score (nSPS) is 22.4. The number of anilines is 1. The number of fused-ring (bicyclic) bond motifs is 3. The van der Waals surface area contributed by atoms with Gasteiger partial charge < -0.3 is 9.88 Å². The van der Waals surface area contributed by atoms with Gasteiger partial charge in [0.15, 0.2) is 5.49 Å². The molecule has 156 valence electrons. The van der Waals surface area contributed by atoms with E-state index < -0.39 is 18.0 Å². The second-order valence-corrected chi connectivity index (χ2v) is 8.25. The van der Waals surface area contributed by atoms with Crippen molar-refractivity contribution in [1.82, 2.24) is 14.5 Å². The van der Waals surface area contributed by atoms with Gasteiger partial charge in [-0.3, -0.25) is 9.78 Å². The Labute approximate surface area is 175 Å². The number of hydrogen-bond acceptors (Lipinski definition) is 4. The van der Waals surface area contributed by atoms with Crippen LogP contribution in [-0.2, 0) is 11.2 Å². The zero-order valence-corrected chi connectivity index (χ0v) is 17.3.